The van der Waals surface area contributed by atoms with Crippen LogP contribution in [-0.2, 0) is 4.79 Å². The van der Waals surface area contributed by atoms with Crippen LogP contribution in [0.1, 0.15) is 34.9 Å². The molecular formula is C28H28FN3O5. The second-order valence-electron chi connectivity index (χ2n) is 9.18. The molecule has 1 saturated heterocycles. The van der Waals surface area contributed by atoms with Crippen molar-refractivity contribution < 1.29 is 28.6 Å². The summed E-state index contributed by atoms with van der Waals surface area (Å²) in [5.74, 6) is -2.00. The van der Waals surface area contributed by atoms with Crippen LogP contribution >= 0.6 is 0 Å². The average molecular weight is 506 g/mol. The summed E-state index contributed by atoms with van der Waals surface area (Å²) in [5.41, 5.74) is 2.03. The number of pyridine rings is 1. The number of ether oxygens (including phenoxy) is 2. The lowest BCUT2D eigenvalue weighted by Crippen LogP contribution is -2.48. The number of halogens is 1. The summed E-state index contributed by atoms with van der Waals surface area (Å²) in [4.78, 5) is 32.3. The van der Waals surface area contributed by atoms with Gasteiger partial charge in [-0.2, -0.15) is 0 Å². The van der Waals surface area contributed by atoms with Gasteiger partial charge in [0.25, 0.3) is 5.91 Å². The third-order valence-corrected chi connectivity index (χ3v) is 6.63. The van der Waals surface area contributed by atoms with E-state index >= 15 is 0 Å². The number of hydrogen-bond acceptors (Lipinski definition) is 7. The first-order valence-corrected chi connectivity index (χ1v) is 12.4. The average Bonchev–Trinajstić information content (AvgIpc) is 3.45. The van der Waals surface area contributed by atoms with Crippen LogP contribution in [0.4, 0.5) is 4.39 Å². The summed E-state index contributed by atoms with van der Waals surface area (Å²) in [6.45, 7) is 2.46. The number of hydrogen-bond donors (Lipinski definition) is 2. The van der Waals surface area contributed by atoms with Crippen molar-refractivity contribution >= 4 is 11.7 Å². The Kier molecular flexibility index (Phi) is 7.43. The SMILES string of the molecule is O=C(NC(CN1CCCC1)C(O)c1cc(F)c2c(c1)OCCO2)C(=O)c1ccc(-c2ccccn2)cc1. The van der Waals surface area contributed by atoms with Gasteiger partial charge in [0.05, 0.1) is 11.7 Å². The Balaban J connectivity index is 1.34. The van der Waals surface area contributed by atoms with Gasteiger partial charge in [0.1, 0.15) is 19.3 Å². The van der Waals surface area contributed by atoms with Crippen LogP contribution < -0.4 is 14.8 Å². The summed E-state index contributed by atoms with van der Waals surface area (Å²) < 4.78 is 25.5. The molecule has 3 heterocycles. The van der Waals surface area contributed by atoms with E-state index < -0.39 is 29.7 Å². The molecule has 37 heavy (non-hydrogen) atoms. The molecule has 192 valence electrons. The molecule has 2 aliphatic rings. The number of nitrogens with one attached hydrogen (secondary N) is 1. The van der Waals surface area contributed by atoms with Gasteiger partial charge < -0.3 is 24.8 Å². The molecule has 2 aliphatic heterocycles. The van der Waals surface area contributed by atoms with Crippen LogP contribution in [0, 0.1) is 5.82 Å². The first-order chi connectivity index (χ1) is 18.0. The molecule has 0 bridgehead atoms. The zero-order valence-corrected chi connectivity index (χ0v) is 20.2. The topological polar surface area (TPSA) is 101 Å². The van der Waals surface area contributed by atoms with Gasteiger partial charge in [-0.25, -0.2) is 4.39 Å². The number of rotatable bonds is 8. The number of Topliss-reactive ketones (excluding diaryl/α,β-unsaturated/α-hetero) is 1. The first-order valence-electron chi connectivity index (χ1n) is 12.4. The number of fused-ring (bicyclic) bond motifs is 1. The Morgan fingerprint density at radius 2 is 1.81 bits per heavy atom. The lowest BCUT2D eigenvalue weighted by molar-refractivity contribution is -0.118. The highest BCUT2D eigenvalue weighted by atomic mass is 19.1. The third-order valence-electron chi connectivity index (χ3n) is 6.63. The first kappa shape index (κ1) is 24.9. The number of aromatic nitrogens is 1. The zero-order chi connectivity index (χ0) is 25.8. The Morgan fingerprint density at radius 3 is 2.54 bits per heavy atom. The van der Waals surface area contributed by atoms with E-state index in [-0.39, 0.29) is 35.8 Å². The highest BCUT2D eigenvalue weighted by Gasteiger charge is 2.31. The Hall–Kier alpha value is -3.82. The van der Waals surface area contributed by atoms with Crippen LogP contribution in [0.2, 0.25) is 0 Å². The minimum Gasteiger partial charge on any atom is -0.486 e. The van der Waals surface area contributed by atoms with Gasteiger partial charge in [-0.3, -0.25) is 14.6 Å². The van der Waals surface area contributed by atoms with Gasteiger partial charge in [-0.05, 0) is 55.8 Å². The lowest BCUT2D eigenvalue weighted by Gasteiger charge is -2.29. The van der Waals surface area contributed by atoms with E-state index in [4.69, 9.17) is 9.47 Å². The maximum absolute atomic E-state index is 14.7. The minimum absolute atomic E-state index is 0.00616. The normalized spacial score (nSPS) is 16.7. The molecule has 8 nitrogen and oxygen atoms in total. The van der Waals surface area contributed by atoms with Crippen molar-refractivity contribution in [3.05, 3.63) is 77.7 Å². The monoisotopic (exact) mass is 505 g/mol. The Morgan fingerprint density at radius 1 is 1.05 bits per heavy atom. The van der Waals surface area contributed by atoms with Crippen molar-refractivity contribution in [3.63, 3.8) is 0 Å². The predicted molar refractivity (Wildman–Crippen MR) is 134 cm³/mol. The molecule has 2 N–H and O–H groups in total. The molecule has 0 spiro atoms. The molecule has 0 aliphatic carbocycles. The van der Waals surface area contributed by atoms with Gasteiger partial charge in [0, 0.05) is 23.9 Å². The fourth-order valence-corrected chi connectivity index (χ4v) is 4.69. The van der Waals surface area contributed by atoms with Gasteiger partial charge >= 0.3 is 0 Å². The van der Waals surface area contributed by atoms with Crippen molar-refractivity contribution in [1.29, 1.82) is 0 Å². The largest absolute Gasteiger partial charge is 0.486 e. The molecule has 2 atom stereocenters. The molecule has 9 heteroatoms. The third kappa shape index (κ3) is 5.63. The van der Waals surface area contributed by atoms with Gasteiger partial charge in [0.2, 0.25) is 5.78 Å². The van der Waals surface area contributed by atoms with Crippen LogP contribution in [0.25, 0.3) is 11.3 Å². The lowest BCUT2D eigenvalue weighted by atomic mass is 9.99. The van der Waals surface area contributed by atoms with Crippen molar-refractivity contribution in [2.75, 3.05) is 32.8 Å². The van der Waals surface area contributed by atoms with Gasteiger partial charge in [-0.15, -0.1) is 0 Å². The smallest absolute Gasteiger partial charge is 0.292 e. The van der Waals surface area contributed by atoms with Gasteiger partial charge in [-0.1, -0.05) is 30.3 Å². The quantitative estimate of drug-likeness (QED) is 0.358. The summed E-state index contributed by atoms with van der Waals surface area (Å²) in [5, 5.41) is 13.9. The molecular weight excluding hydrogens is 477 g/mol. The van der Waals surface area contributed by atoms with E-state index in [9.17, 15) is 19.1 Å². The van der Waals surface area contributed by atoms with Crippen molar-refractivity contribution in [2.45, 2.75) is 25.0 Å². The standard InChI is InChI=1S/C28H28FN3O5/c29-21-15-20(16-24-27(21)37-14-13-36-24)25(33)23(17-32-11-3-4-12-32)31-28(35)26(34)19-8-6-18(7-9-19)22-5-1-2-10-30-22/h1-2,5-10,15-16,23,25,33H,3-4,11-14,17H2,(H,31,35). The number of likely N-dealkylation sites (tertiary alicyclic amines) is 1. The highest BCUT2D eigenvalue weighted by molar-refractivity contribution is 6.42. The van der Waals surface area contributed by atoms with Crippen molar-refractivity contribution in [2.24, 2.45) is 0 Å². The zero-order valence-electron chi connectivity index (χ0n) is 20.2. The second-order valence-corrected chi connectivity index (χ2v) is 9.18. The number of nitrogens with zero attached hydrogens (tertiary/aromatic N) is 2. The van der Waals surface area contributed by atoms with Crippen molar-refractivity contribution in [3.8, 4) is 22.8 Å². The number of carbonyl (C=O) groups is 2. The summed E-state index contributed by atoms with van der Waals surface area (Å²) in [6.07, 6.45) is 2.43. The minimum atomic E-state index is -1.27. The molecule has 0 saturated carbocycles. The van der Waals surface area contributed by atoms with Crippen molar-refractivity contribution in [1.82, 2.24) is 15.2 Å². The number of aliphatic hydroxyl groups excluding tert-OH is 1. The van der Waals surface area contributed by atoms with E-state index in [1.807, 2.05) is 18.2 Å². The Bertz CT molecular complexity index is 1260. The second kappa shape index (κ2) is 11.1. The van der Waals surface area contributed by atoms with Crippen LogP contribution in [0.3, 0.4) is 0 Å². The van der Waals surface area contributed by atoms with E-state index in [2.05, 4.69) is 15.2 Å². The van der Waals surface area contributed by atoms with Crippen LogP contribution in [0.15, 0.2) is 60.8 Å². The molecule has 1 amide bonds. The van der Waals surface area contributed by atoms with Crippen LogP contribution in [0.5, 0.6) is 11.5 Å². The number of amides is 1. The summed E-state index contributed by atoms with van der Waals surface area (Å²) >= 11 is 0. The molecule has 1 aromatic heterocycles. The summed E-state index contributed by atoms with van der Waals surface area (Å²) in [6, 6.07) is 14.0. The van der Waals surface area contributed by atoms with E-state index in [0.717, 1.165) is 37.2 Å². The fourth-order valence-electron chi connectivity index (χ4n) is 4.69. The summed E-state index contributed by atoms with van der Waals surface area (Å²) in [7, 11) is 0. The Labute approximate surface area is 214 Å². The number of aliphatic hydroxyl groups is 1. The maximum atomic E-state index is 14.7. The van der Waals surface area contributed by atoms with E-state index in [0.29, 0.717) is 6.54 Å². The molecule has 5 rings (SSSR count). The predicted octanol–water partition coefficient (Wildman–Crippen LogP) is 3.16. The number of benzene rings is 2. The molecule has 2 unspecified atom stereocenters. The number of carbonyl (C=O) groups excluding carboxylic acids is 2. The van der Waals surface area contributed by atoms with E-state index in [1.54, 1.807) is 30.5 Å². The molecule has 3 aromatic rings. The maximum Gasteiger partial charge on any atom is 0.292 e. The van der Waals surface area contributed by atoms with Crippen LogP contribution in [-0.4, -0.2) is 65.6 Å². The van der Waals surface area contributed by atoms with Gasteiger partial charge in [0.15, 0.2) is 17.3 Å². The molecule has 2 aromatic carbocycles. The fraction of sp³-hybridized carbons (Fsp3) is 0.321. The number of ketones is 1. The molecule has 1 fully saturated rings. The van der Waals surface area contributed by atoms with E-state index in [1.165, 1.54) is 12.1 Å². The molecule has 0 radical (unpaired) electrons. The highest BCUT2D eigenvalue weighted by Crippen LogP contribution is 2.36.